The van der Waals surface area contributed by atoms with E-state index in [1.807, 2.05) is 6.07 Å². The van der Waals surface area contributed by atoms with Crippen molar-refractivity contribution in [2.24, 2.45) is 0 Å². The number of nitrogens with zero attached hydrogens (tertiary/aromatic N) is 3. The summed E-state index contributed by atoms with van der Waals surface area (Å²) >= 11 is 5.86. The van der Waals surface area contributed by atoms with Gasteiger partial charge in [-0.15, -0.1) is 0 Å². The lowest BCUT2D eigenvalue weighted by molar-refractivity contribution is -0.138. The van der Waals surface area contributed by atoms with Crippen LogP contribution in [0.15, 0.2) is 59.8 Å². The molecular weight excluding hydrogens is 395 g/mol. The first-order valence-electron chi connectivity index (χ1n) is 7.86. The average molecular weight is 406 g/mol. The molecule has 5 nitrogen and oxygen atoms in total. The normalized spacial score (nSPS) is 11.1. The van der Waals surface area contributed by atoms with E-state index in [0.717, 1.165) is 16.8 Å². The molecule has 3 aromatic rings. The maximum absolute atomic E-state index is 13.4. The van der Waals surface area contributed by atoms with Gasteiger partial charge in [0.25, 0.3) is 5.56 Å². The highest BCUT2D eigenvalue weighted by Gasteiger charge is 2.36. The van der Waals surface area contributed by atoms with E-state index in [2.05, 4.69) is 4.98 Å². The highest BCUT2D eigenvalue weighted by molar-refractivity contribution is 6.30. The Morgan fingerprint density at radius 2 is 2.04 bits per heavy atom. The molecule has 0 N–H and O–H groups in total. The van der Waals surface area contributed by atoms with Crippen LogP contribution in [-0.2, 0) is 12.7 Å². The fraction of sp³-hybridized carbons (Fsp3) is 0.105. The molecule has 0 spiro atoms. The predicted molar refractivity (Wildman–Crippen MR) is 95.3 cm³/mol. The number of nitriles is 1. The zero-order valence-electron chi connectivity index (χ0n) is 14.1. The van der Waals surface area contributed by atoms with Crippen LogP contribution in [0.5, 0.6) is 11.5 Å². The Bertz CT molecular complexity index is 1110. The predicted octanol–water partition coefficient (Wildman–Crippen LogP) is 4.63. The molecule has 9 heteroatoms. The largest absolute Gasteiger partial charge is 0.451 e. The van der Waals surface area contributed by atoms with Gasteiger partial charge in [-0.3, -0.25) is 9.78 Å². The van der Waals surface area contributed by atoms with Gasteiger partial charge in [0.05, 0.1) is 18.2 Å². The minimum Gasteiger partial charge on any atom is -0.451 e. The van der Waals surface area contributed by atoms with E-state index in [0.29, 0.717) is 5.56 Å². The summed E-state index contributed by atoms with van der Waals surface area (Å²) in [6, 6.07) is 9.67. The summed E-state index contributed by atoms with van der Waals surface area (Å²) in [6.07, 6.45) is -0.720. The molecule has 142 valence electrons. The van der Waals surface area contributed by atoms with Gasteiger partial charge in [-0.25, -0.2) is 0 Å². The van der Waals surface area contributed by atoms with Crippen LogP contribution >= 0.6 is 11.6 Å². The summed E-state index contributed by atoms with van der Waals surface area (Å²) < 4.78 is 46.5. The summed E-state index contributed by atoms with van der Waals surface area (Å²) in [7, 11) is 0. The van der Waals surface area contributed by atoms with Crippen molar-refractivity contribution in [1.29, 1.82) is 5.26 Å². The molecule has 0 aliphatic rings. The van der Waals surface area contributed by atoms with Gasteiger partial charge in [-0.1, -0.05) is 17.7 Å². The first-order chi connectivity index (χ1) is 13.3. The van der Waals surface area contributed by atoms with Crippen LogP contribution in [0, 0.1) is 11.3 Å². The molecule has 1 aromatic carbocycles. The number of ether oxygens (including phenoxy) is 1. The van der Waals surface area contributed by atoms with Gasteiger partial charge in [-0.05, 0) is 35.9 Å². The number of hydrogen-bond donors (Lipinski definition) is 0. The molecule has 0 radical (unpaired) electrons. The maximum atomic E-state index is 13.4. The molecule has 0 fully saturated rings. The van der Waals surface area contributed by atoms with Crippen LogP contribution in [0.25, 0.3) is 0 Å². The Labute approximate surface area is 162 Å². The summed E-state index contributed by atoms with van der Waals surface area (Å²) in [5, 5.41) is 9.08. The van der Waals surface area contributed by atoms with Crippen molar-refractivity contribution >= 4 is 11.6 Å². The van der Waals surface area contributed by atoms with Gasteiger partial charge in [0, 0.05) is 23.6 Å². The zero-order chi connectivity index (χ0) is 20.3. The van der Waals surface area contributed by atoms with E-state index >= 15 is 0 Å². The first kappa shape index (κ1) is 19.5. The summed E-state index contributed by atoms with van der Waals surface area (Å²) in [5.41, 5.74) is -1.48. The molecule has 0 saturated carbocycles. The quantitative estimate of drug-likeness (QED) is 0.634. The van der Waals surface area contributed by atoms with E-state index in [-0.39, 0.29) is 22.9 Å². The van der Waals surface area contributed by atoms with Crippen LogP contribution in [0.2, 0.25) is 5.02 Å². The fourth-order valence-corrected chi connectivity index (χ4v) is 2.72. The van der Waals surface area contributed by atoms with Crippen LogP contribution in [0.4, 0.5) is 13.2 Å². The Morgan fingerprint density at radius 1 is 1.25 bits per heavy atom. The molecule has 0 atom stereocenters. The van der Waals surface area contributed by atoms with Crippen molar-refractivity contribution in [2.45, 2.75) is 12.7 Å². The smallest absolute Gasteiger partial charge is 0.420 e. The van der Waals surface area contributed by atoms with Crippen molar-refractivity contribution in [3.05, 3.63) is 87.1 Å². The molecule has 3 rings (SSSR count). The molecule has 28 heavy (non-hydrogen) atoms. The Hall–Kier alpha value is -3.31. The molecule has 0 unspecified atom stereocenters. The van der Waals surface area contributed by atoms with E-state index < -0.39 is 23.0 Å². The standard InChI is InChI=1S/C19H11ClF3N3O2/c20-14-6-13(9-24)7-15(8-14)28-17-16(19(21,22)23)3-5-26(18(17)27)11-12-2-1-4-25-10-12/h1-8,10H,11H2. The highest BCUT2D eigenvalue weighted by Crippen LogP contribution is 2.36. The van der Waals surface area contributed by atoms with E-state index in [9.17, 15) is 18.0 Å². The lowest BCUT2D eigenvalue weighted by Crippen LogP contribution is -2.25. The Morgan fingerprint density at radius 3 is 2.68 bits per heavy atom. The third-order valence-corrected chi connectivity index (χ3v) is 3.94. The van der Waals surface area contributed by atoms with Gasteiger partial charge in [0.2, 0.25) is 5.75 Å². The first-order valence-corrected chi connectivity index (χ1v) is 8.24. The monoisotopic (exact) mass is 405 g/mol. The van der Waals surface area contributed by atoms with Crippen molar-refractivity contribution in [3.63, 3.8) is 0 Å². The second-order valence-electron chi connectivity index (χ2n) is 5.74. The van der Waals surface area contributed by atoms with Crippen molar-refractivity contribution in [3.8, 4) is 17.6 Å². The van der Waals surface area contributed by atoms with Crippen LogP contribution in [0.3, 0.4) is 0 Å². The Kier molecular flexibility index (Phi) is 5.38. The second kappa shape index (κ2) is 7.74. The lowest BCUT2D eigenvalue weighted by Gasteiger charge is -2.16. The number of benzene rings is 1. The average Bonchev–Trinajstić information content (AvgIpc) is 2.64. The number of alkyl halides is 3. The second-order valence-corrected chi connectivity index (χ2v) is 6.18. The number of pyridine rings is 2. The number of hydrogen-bond acceptors (Lipinski definition) is 4. The molecule has 0 amide bonds. The molecule has 2 heterocycles. The van der Waals surface area contributed by atoms with Gasteiger partial charge >= 0.3 is 6.18 Å². The minimum atomic E-state index is -4.81. The molecule has 2 aromatic heterocycles. The van der Waals surface area contributed by atoms with Crippen LogP contribution < -0.4 is 10.3 Å². The van der Waals surface area contributed by atoms with Crippen molar-refractivity contribution in [2.75, 3.05) is 0 Å². The van der Waals surface area contributed by atoms with Gasteiger partial charge < -0.3 is 9.30 Å². The highest BCUT2D eigenvalue weighted by atomic mass is 35.5. The van der Waals surface area contributed by atoms with Crippen molar-refractivity contribution in [1.82, 2.24) is 9.55 Å². The minimum absolute atomic E-state index is 0.0140. The van der Waals surface area contributed by atoms with E-state index in [4.69, 9.17) is 21.6 Å². The SMILES string of the molecule is N#Cc1cc(Cl)cc(Oc2c(C(F)(F)F)ccn(Cc3cccnc3)c2=O)c1. The van der Waals surface area contributed by atoms with Crippen LogP contribution in [0.1, 0.15) is 16.7 Å². The molecule has 0 aliphatic carbocycles. The fourth-order valence-electron chi connectivity index (χ4n) is 2.49. The number of halogens is 4. The maximum Gasteiger partial charge on any atom is 0.420 e. The zero-order valence-corrected chi connectivity index (χ0v) is 14.8. The molecular formula is C19H11ClF3N3O2. The third-order valence-electron chi connectivity index (χ3n) is 3.72. The van der Waals surface area contributed by atoms with Gasteiger partial charge in [-0.2, -0.15) is 18.4 Å². The van der Waals surface area contributed by atoms with Gasteiger partial charge in [0.1, 0.15) is 11.3 Å². The van der Waals surface area contributed by atoms with E-state index in [1.54, 1.807) is 18.3 Å². The van der Waals surface area contributed by atoms with Crippen molar-refractivity contribution < 1.29 is 17.9 Å². The van der Waals surface area contributed by atoms with Gasteiger partial charge in [0.15, 0.2) is 0 Å². The molecule has 0 aliphatic heterocycles. The number of aromatic nitrogens is 2. The topological polar surface area (TPSA) is 67.9 Å². The summed E-state index contributed by atoms with van der Waals surface area (Å²) in [5.74, 6) is -1.05. The Balaban J connectivity index is 2.09. The van der Waals surface area contributed by atoms with E-state index in [1.165, 1.54) is 24.4 Å². The lowest BCUT2D eigenvalue weighted by atomic mass is 10.2. The number of rotatable bonds is 4. The summed E-state index contributed by atoms with van der Waals surface area (Å²) in [6.45, 7) is 0.0140. The third kappa shape index (κ3) is 4.32. The molecule has 0 bridgehead atoms. The van der Waals surface area contributed by atoms with Crippen LogP contribution in [-0.4, -0.2) is 9.55 Å². The molecule has 0 saturated heterocycles. The summed E-state index contributed by atoms with van der Waals surface area (Å²) in [4.78, 5) is 16.6.